The number of aromatic nitrogens is 1. The highest BCUT2D eigenvalue weighted by Gasteiger charge is 2.39. The number of halogens is 6. The summed E-state index contributed by atoms with van der Waals surface area (Å²) >= 11 is 0. The number of alkyl halides is 6. The maximum absolute atomic E-state index is 11.8. The Kier molecular flexibility index (Phi) is 11.3. The predicted molar refractivity (Wildman–Crippen MR) is 123 cm³/mol. The Morgan fingerprint density at radius 2 is 1.33 bits per heavy atom. The molecule has 2 fully saturated rings. The lowest BCUT2D eigenvalue weighted by Crippen LogP contribution is -2.40. The van der Waals surface area contributed by atoms with Gasteiger partial charge >= 0.3 is 30.3 Å². The fourth-order valence-electron chi connectivity index (χ4n) is 4.38. The zero-order valence-electron chi connectivity index (χ0n) is 20.7. The van der Waals surface area contributed by atoms with Crippen LogP contribution >= 0.6 is 0 Å². The first-order chi connectivity index (χ1) is 18.1. The summed E-state index contributed by atoms with van der Waals surface area (Å²) in [6.07, 6.45) is -3.93. The Hall–Kier alpha value is -3.14. The van der Waals surface area contributed by atoms with Crippen molar-refractivity contribution in [3.63, 3.8) is 0 Å². The minimum Gasteiger partial charge on any atom is -0.478 e. The van der Waals surface area contributed by atoms with E-state index < -0.39 is 30.3 Å². The van der Waals surface area contributed by atoms with E-state index in [-0.39, 0.29) is 0 Å². The SMILES string of the molecule is O=C(O)C(F)(F)F.O=C(O)C(F)(F)F.O=C(O)c1cc2c(nc1N1CCCC1)CCN(C1CCOCC1)CC2. The summed E-state index contributed by atoms with van der Waals surface area (Å²) < 4.78 is 69.0. The molecule has 3 N–H and O–H groups in total. The van der Waals surface area contributed by atoms with E-state index in [2.05, 4.69) is 9.80 Å². The zero-order chi connectivity index (χ0) is 29.4. The number of aliphatic carboxylic acids is 2. The van der Waals surface area contributed by atoms with E-state index in [1.807, 2.05) is 6.07 Å². The highest BCUT2D eigenvalue weighted by Crippen LogP contribution is 2.28. The number of carboxylic acid groups (broad SMARTS) is 3. The maximum atomic E-state index is 11.8. The average Bonchev–Trinajstić information content (AvgIpc) is 3.31. The van der Waals surface area contributed by atoms with E-state index in [0.717, 1.165) is 89.2 Å². The summed E-state index contributed by atoms with van der Waals surface area (Å²) in [6, 6.07) is 2.49. The number of rotatable bonds is 3. The van der Waals surface area contributed by atoms with E-state index in [0.29, 0.717) is 17.4 Å². The molecule has 1 aromatic rings. The van der Waals surface area contributed by atoms with Crippen LogP contribution in [0.4, 0.5) is 32.2 Å². The molecule has 0 saturated carbocycles. The predicted octanol–water partition coefficient (Wildman–Crippen LogP) is 3.23. The average molecular weight is 573 g/mol. The van der Waals surface area contributed by atoms with Gasteiger partial charge in [0.05, 0.1) is 0 Å². The van der Waals surface area contributed by atoms with Crippen LogP contribution in [0.3, 0.4) is 0 Å². The molecule has 0 atom stereocenters. The number of pyridine rings is 1. The van der Waals surface area contributed by atoms with Gasteiger partial charge in [0, 0.05) is 57.5 Å². The van der Waals surface area contributed by atoms with Gasteiger partial charge in [-0.1, -0.05) is 0 Å². The van der Waals surface area contributed by atoms with Crippen LogP contribution in [0.25, 0.3) is 0 Å². The lowest BCUT2D eigenvalue weighted by molar-refractivity contribution is -0.193. The van der Waals surface area contributed by atoms with Crippen molar-refractivity contribution in [2.75, 3.05) is 44.3 Å². The lowest BCUT2D eigenvalue weighted by atomic mass is 10.1. The third kappa shape index (κ3) is 9.84. The number of hydrogen-bond donors (Lipinski definition) is 3. The quantitative estimate of drug-likeness (QED) is 0.462. The molecule has 4 heterocycles. The molecule has 0 radical (unpaired) electrons. The van der Waals surface area contributed by atoms with Crippen LogP contribution in [-0.4, -0.2) is 101 Å². The fraction of sp³-hybridized carbons (Fsp3) is 0.652. The number of nitrogens with zero attached hydrogens (tertiary/aromatic N) is 3. The molecular weight excluding hydrogens is 544 g/mol. The van der Waals surface area contributed by atoms with Gasteiger partial charge in [0.15, 0.2) is 0 Å². The van der Waals surface area contributed by atoms with E-state index in [4.69, 9.17) is 29.5 Å². The van der Waals surface area contributed by atoms with Crippen LogP contribution in [0.1, 0.15) is 47.3 Å². The molecule has 0 aliphatic carbocycles. The summed E-state index contributed by atoms with van der Waals surface area (Å²) in [5.41, 5.74) is 2.59. The van der Waals surface area contributed by atoms with E-state index in [1.54, 1.807) is 0 Å². The van der Waals surface area contributed by atoms with Crippen LogP contribution in [0, 0.1) is 0 Å². The Balaban J connectivity index is 0.000000317. The van der Waals surface area contributed by atoms with Gasteiger partial charge in [-0.3, -0.25) is 4.90 Å². The minimum absolute atomic E-state index is 0.375. The first-order valence-corrected chi connectivity index (χ1v) is 12.0. The number of anilines is 1. The Labute approximate surface area is 219 Å². The normalized spacial score (nSPS) is 18.6. The second-order valence-electron chi connectivity index (χ2n) is 8.95. The van der Waals surface area contributed by atoms with Crippen LogP contribution < -0.4 is 4.90 Å². The van der Waals surface area contributed by atoms with E-state index in [1.165, 1.54) is 0 Å². The highest BCUT2D eigenvalue weighted by atomic mass is 19.4. The molecule has 3 aliphatic rings. The molecule has 2 saturated heterocycles. The smallest absolute Gasteiger partial charge is 0.478 e. The van der Waals surface area contributed by atoms with Gasteiger partial charge in [-0.25, -0.2) is 19.4 Å². The number of carbonyl (C=O) groups is 3. The molecule has 16 heteroatoms. The first-order valence-electron chi connectivity index (χ1n) is 12.0. The fourth-order valence-corrected chi connectivity index (χ4v) is 4.38. The molecule has 39 heavy (non-hydrogen) atoms. The summed E-state index contributed by atoms with van der Waals surface area (Å²) in [4.78, 5) is 39.1. The molecule has 0 amide bonds. The topological polar surface area (TPSA) is 140 Å². The monoisotopic (exact) mass is 573 g/mol. The maximum Gasteiger partial charge on any atom is 0.490 e. The van der Waals surface area contributed by atoms with Gasteiger partial charge < -0.3 is 25.0 Å². The summed E-state index contributed by atoms with van der Waals surface area (Å²) in [5, 5.41) is 23.9. The second kappa shape index (κ2) is 13.8. The number of fused-ring (bicyclic) bond motifs is 1. The standard InChI is InChI=1S/C19H27N3O3.2C2HF3O2/c23-19(24)16-13-14-3-9-21(15-5-11-25-12-6-15)10-4-17(14)20-18(16)22-7-1-2-8-22;2*3-2(4,5)1(6)7/h13,15H,1-12H2,(H,23,24);2*(H,6,7). The van der Waals surface area contributed by atoms with Crippen molar-refractivity contribution in [1.82, 2.24) is 9.88 Å². The van der Waals surface area contributed by atoms with Crippen molar-refractivity contribution in [3.8, 4) is 0 Å². The summed E-state index contributed by atoms with van der Waals surface area (Å²) in [6.45, 7) is 5.54. The first kappa shape index (κ1) is 32.1. The minimum atomic E-state index is -5.08. The molecular formula is C23H29F6N3O7. The summed E-state index contributed by atoms with van der Waals surface area (Å²) in [7, 11) is 0. The van der Waals surface area contributed by atoms with Crippen LogP contribution in [0.5, 0.6) is 0 Å². The van der Waals surface area contributed by atoms with Gasteiger partial charge in [0.2, 0.25) is 0 Å². The third-order valence-corrected chi connectivity index (χ3v) is 6.30. The van der Waals surface area contributed by atoms with Gasteiger partial charge in [-0.2, -0.15) is 26.3 Å². The van der Waals surface area contributed by atoms with E-state index >= 15 is 0 Å². The number of aromatic carboxylic acids is 1. The molecule has 3 aliphatic heterocycles. The number of carboxylic acids is 3. The number of ether oxygens (including phenoxy) is 1. The summed E-state index contributed by atoms with van der Waals surface area (Å²) in [5.74, 6) is -5.69. The van der Waals surface area contributed by atoms with Crippen LogP contribution in [-0.2, 0) is 27.2 Å². The Bertz CT molecular complexity index is 983. The molecule has 0 unspecified atom stereocenters. The second-order valence-corrected chi connectivity index (χ2v) is 8.95. The Morgan fingerprint density at radius 1 is 0.846 bits per heavy atom. The molecule has 220 valence electrons. The van der Waals surface area contributed by atoms with Crippen molar-refractivity contribution in [1.29, 1.82) is 0 Å². The van der Waals surface area contributed by atoms with Gasteiger partial charge in [-0.15, -0.1) is 0 Å². The van der Waals surface area contributed by atoms with Gasteiger partial charge in [0.25, 0.3) is 0 Å². The van der Waals surface area contributed by atoms with Gasteiger partial charge in [0.1, 0.15) is 11.4 Å². The molecule has 0 spiro atoms. The Morgan fingerprint density at radius 3 is 1.79 bits per heavy atom. The third-order valence-electron chi connectivity index (χ3n) is 6.30. The molecule has 1 aromatic heterocycles. The molecule has 10 nitrogen and oxygen atoms in total. The zero-order valence-corrected chi connectivity index (χ0v) is 20.7. The van der Waals surface area contributed by atoms with Crippen LogP contribution in [0.15, 0.2) is 6.07 Å². The van der Waals surface area contributed by atoms with Crippen molar-refractivity contribution in [2.24, 2.45) is 0 Å². The highest BCUT2D eigenvalue weighted by molar-refractivity contribution is 5.93. The largest absolute Gasteiger partial charge is 0.490 e. The van der Waals surface area contributed by atoms with Crippen molar-refractivity contribution < 1.29 is 60.8 Å². The van der Waals surface area contributed by atoms with Crippen molar-refractivity contribution >= 4 is 23.7 Å². The van der Waals surface area contributed by atoms with Crippen molar-refractivity contribution in [2.45, 2.75) is 56.9 Å². The molecule has 4 rings (SSSR count). The molecule has 0 bridgehead atoms. The van der Waals surface area contributed by atoms with Crippen LogP contribution in [0.2, 0.25) is 0 Å². The lowest BCUT2D eigenvalue weighted by Gasteiger charge is -2.33. The van der Waals surface area contributed by atoms with Crippen molar-refractivity contribution in [3.05, 3.63) is 22.9 Å². The van der Waals surface area contributed by atoms with E-state index in [9.17, 15) is 36.2 Å². The van der Waals surface area contributed by atoms with Gasteiger partial charge in [-0.05, 0) is 43.7 Å². The molecule has 0 aromatic carbocycles. The number of hydrogen-bond acceptors (Lipinski definition) is 7.